The lowest BCUT2D eigenvalue weighted by Crippen LogP contribution is -2.32. The van der Waals surface area contributed by atoms with Crippen molar-refractivity contribution in [3.05, 3.63) is 66.8 Å². The SMILES string of the molecule is Nc1cc(C[n+]2cc[nH]c2)cc(C[n+]2cc[nH]c2)c1. The molecule has 0 fully saturated rings. The van der Waals surface area contributed by atoms with Gasteiger partial charge in [-0.25, -0.2) is 9.13 Å². The summed E-state index contributed by atoms with van der Waals surface area (Å²) in [6.45, 7) is 1.64. The van der Waals surface area contributed by atoms with E-state index in [1.54, 1.807) is 0 Å². The van der Waals surface area contributed by atoms with Gasteiger partial charge in [-0.2, -0.15) is 0 Å². The molecular formula is C14H17N5+2. The van der Waals surface area contributed by atoms with Crippen LogP contribution in [-0.4, -0.2) is 9.97 Å². The summed E-state index contributed by atoms with van der Waals surface area (Å²) in [7, 11) is 0. The van der Waals surface area contributed by atoms with Crippen LogP contribution < -0.4 is 14.9 Å². The van der Waals surface area contributed by atoms with Crippen LogP contribution in [0, 0.1) is 0 Å². The number of aromatic amines is 2. The first kappa shape index (κ1) is 11.5. The average Bonchev–Trinajstić information content (AvgIpc) is 3.01. The molecule has 5 nitrogen and oxygen atoms in total. The lowest BCUT2D eigenvalue weighted by Gasteiger charge is -2.05. The highest BCUT2D eigenvalue weighted by Gasteiger charge is 2.06. The van der Waals surface area contributed by atoms with Crippen molar-refractivity contribution in [1.29, 1.82) is 0 Å². The molecule has 3 aromatic rings. The number of benzene rings is 1. The minimum absolute atomic E-state index is 0.805. The van der Waals surface area contributed by atoms with Gasteiger partial charge in [-0.05, 0) is 29.3 Å². The maximum atomic E-state index is 5.98. The van der Waals surface area contributed by atoms with Crippen LogP contribution in [0.25, 0.3) is 0 Å². The largest absolute Gasteiger partial charge is 0.399 e. The molecule has 4 N–H and O–H groups in total. The second kappa shape index (κ2) is 4.97. The van der Waals surface area contributed by atoms with Gasteiger partial charge in [0.1, 0.15) is 37.9 Å². The number of aromatic nitrogens is 4. The van der Waals surface area contributed by atoms with E-state index in [4.69, 9.17) is 5.73 Å². The Bertz CT molecular complexity index is 586. The van der Waals surface area contributed by atoms with Crippen molar-refractivity contribution in [2.45, 2.75) is 13.1 Å². The highest BCUT2D eigenvalue weighted by Crippen LogP contribution is 2.12. The second-order valence-corrected chi connectivity index (χ2v) is 4.65. The maximum absolute atomic E-state index is 5.98. The summed E-state index contributed by atoms with van der Waals surface area (Å²) in [6.07, 6.45) is 11.7. The molecule has 0 atom stereocenters. The van der Waals surface area contributed by atoms with Gasteiger partial charge in [0, 0.05) is 5.69 Å². The molecule has 0 amide bonds. The number of H-pyrrole nitrogens is 2. The van der Waals surface area contributed by atoms with Crippen LogP contribution in [0.1, 0.15) is 11.1 Å². The topological polar surface area (TPSA) is 65.4 Å². The standard InChI is InChI=1S/C14H15N5/c15-14-6-12(8-18-3-1-16-10-18)5-13(7-14)9-19-4-2-17-11-19/h1-7,10-11H,8-9,15H2/p+2. The van der Waals surface area contributed by atoms with Crippen molar-refractivity contribution < 1.29 is 9.13 Å². The zero-order valence-electron chi connectivity index (χ0n) is 10.6. The third-order valence-corrected chi connectivity index (χ3v) is 3.01. The summed E-state index contributed by atoms with van der Waals surface area (Å²) < 4.78 is 4.17. The maximum Gasteiger partial charge on any atom is 0.241 e. The Morgan fingerprint density at radius 1 is 0.842 bits per heavy atom. The van der Waals surface area contributed by atoms with E-state index in [1.807, 2.05) is 49.6 Å². The molecule has 0 aliphatic carbocycles. The van der Waals surface area contributed by atoms with Crippen LogP contribution in [0.4, 0.5) is 5.69 Å². The van der Waals surface area contributed by atoms with Crippen molar-refractivity contribution in [1.82, 2.24) is 9.97 Å². The van der Waals surface area contributed by atoms with Crippen LogP contribution in [0.2, 0.25) is 0 Å². The Morgan fingerprint density at radius 2 is 1.37 bits per heavy atom. The molecule has 0 bridgehead atoms. The zero-order chi connectivity index (χ0) is 13.1. The number of anilines is 1. The van der Waals surface area contributed by atoms with E-state index in [2.05, 4.69) is 25.2 Å². The van der Waals surface area contributed by atoms with E-state index in [1.165, 1.54) is 11.1 Å². The monoisotopic (exact) mass is 255 g/mol. The smallest absolute Gasteiger partial charge is 0.241 e. The highest BCUT2D eigenvalue weighted by molar-refractivity contribution is 5.44. The molecule has 0 aliphatic rings. The minimum atomic E-state index is 0.805. The fourth-order valence-electron chi connectivity index (χ4n) is 2.23. The van der Waals surface area contributed by atoms with Crippen molar-refractivity contribution in [2.75, 3.05) is 5.73 Å². The molecule has 0 saturated heterocycles. The first-order valence-corrected chi connectivity index (χ1v) is 6.21. The first-order valence-electron chi connectivity index (χ1n) is 6.21. The summed E-state index contributed by atoms with van der Waals surface area (Å²) in [5, 5.41) is 0. The van der Waals surface area contributed by atoms with Crippen LogP contribution in [0.15, 0.2) is 55.6 Å². The normalized spacial score (nSPS) is 10.7. The third-order valence-electron chi connectivity index (χ3n) is 3.01. The number of nitrogens with zero attached hydrogens (tertiary/aromatic N) is 2. The van der Waals surface area contributed by atoms with Gasteiger partial charge in [0.05, 0.1) is 0 Å². The number of nitrogen functional groups attached to an aromatic ring is 1. The predicted octanol–water partition coefficient (Wildman–Crippen LogP) is 0.597. The lowest BCUT2D eigenvalue weighted by molar-refractivity contribution is -0.688. The molecule has 0 aliphatic heterocycles. The molecular weight excluding hydrogens is 238 g/mol. The molecule has 0 radical (unpaired) electrons. The minimum Gasteiger partial charge on any atom is -0.399 e. The molecule has 2 aromatic heterocycles. The fraction of sp³-hybridized carbons (Fsp3) is 0.143. The first-order chi connectivity index (χ1) is 9.29. The van der Waals surface area contributed by atoms with Gasteiger partial charge < -0.3 is 5.73 Å². The summed E-state index contributed by atoms with van der Waals surface area (Å²) in [5.41, 5.74) is 9.20. The van der Waals surface area contributed by atoms with Crippen molar-refractivity contribution in [2.24, 2.45) is 0 Å². The van der Waals surface area contributed by atoms with Crippen molar-refractivity contribution in [3.63, 3.8) is 0 Å². The Kier molecular flexibility index (Phi) is 3.02. The predicted molar refractivity (Wildman–Crippen MR) is 71.0 cm³/mol. The van der Waals surface area contributed by atoms with Crippen LogP contribution in [-0.2, 0) is 13.1 Å². The van der Waals surface area contributed by atoms with Crippen LogP contribution in [0.5, 0.6) is 0 Å². The summed E-state index contributed by atoms with van der Waals surface area (Å²) >= 11 is 0. The molecule has 5 heteroatoms. The van der Waals surface area contributed by atoms with Gasteiger partial charge in [0.2, 0.25) is 12.7 Å². The van der Waals surface area contributed by atoms with E-state index in [9.17, 15) is 0 Å². The molecule has 0 unspecified atom stereocenters. The Morgan fingerprint density at radius 3 is 1.79 bits per heavy atom. The summed E-state index contributed by atoms with van der Waals surface area (Å²) in [4.78, 5) is 6.08. The third kappa shape index (κ3) is 2.82. The number of nitrogens with one attached hydrogen (secondary N) is 2. The highest BCUT2D eigenvalue weighted by atomic mass is 15.0. The zero-order valence-corrected chi connectivity index (χ0v) is 10.6. The van der Waals surface area contributed by atoms with Gasteiger partial charge in [-0.1, -0.05) is 0 Å². The summed E-state index contributed by atoms with van der Waals surface area (Å²) in [5.74, 6) is 0. The van der Waals surface area contributed by atoms with Gasteiger partial charge in [0.25, 0.3) is 0 Å². The average molecular weight is 255 g/mol. The van der Waals surface area contributed by atoms with Crippen LogP contribution >= 0.6 is 0 Å². The van der Waals surface area contributed by atoms with E-state index >= 15 is 0 Å². The number of hydrogen-bond donors (Lipinski definition) is 3. The molecule has 3 rings (SSSR count). The van der Waals surface area contributed by atoms with Gasteiger partial charge in [-0.3, -0.25) is 9.97 Å². The molecule has 1 aromatic carbocycles. The Labute approximate surface area is 111 Å². The number of hydrogen-bond acceptors (Lipinski definition) is 1. The second-order valence-electron chi connectivity index (χ2n) is 4.65. The van der Waals surface area contributed by atoms with Gasteiger partial charge >= 0.3 is 0 Å². The number of nitrogens with two attached hydrogens (primary N) is 1. The van der Waals surface area contributed by atoms with E-state index in [0.29, 0.717) is 0 Å². The molecule has 96 valence electrons. The Hall–Kier alpha value is -2.56. The molecule has 0 spiro atoms. The summed E-state index contributed by atoms with van der Waals surface area (Å²) in [6, 6.07) is 6.23. The fourth-order valence-corrected chi connectivity index (χ4v) is 2.23. The van der Waals surface area contributed by atoms with Gasteiger partial charge in [-0.15, -0.1) is 0 Å². The van der Waals surface area contributed by atoms with E-state index in [-0.39, 0.29) is 0 Å². The van der Waals surface area contributed by atoms with E-state index < -0.39 is 0 Å². The number of rotatable bonds is 4. The number of imidazole rings is 2. The molecule has 2 heterocycles. The molecule has 19 heavy (non-hydrogen) atoms. The Balaban J connectivity index is 1.83. The van der Waals surface area contributed by atoms with Gasteiger partial charge in [0.15, 0.2) is 0 Å². The lowest BCUT2D eigenvalue weighted by atomic mass is 10.1. The quantitative estimate of drug-likeness (QED) is 0.464. The molecule has 0 saturated carbocycles. The van der Waals surface area contributed by atoms with E-state index in [0.717, 1.165) is 18.8 Å². The van der Waals surface area contributed by atoms with Crippen molar-refractivity contribution >= 4 is 5.69 Å². The van der Waals surface area contributed by atoms with Crippen molar-refractivity contribution in [3.8, 4) is 0 Å². The van der Waals surface area contributed by atoms with Crippen LogP contribution in [0.3, 0.4) is 0 Å².